The van der Waals surface area contributed by atoms with Crippen molar-refractivity contribution < 1.29 is 14.6 Å². The summed E-state index contributed by atoms with van der Waals surface area (Å²) in [4.78, 5) is 11.3. The lowest BCUT2D eigenvalue weighted by molar-refractivity contribution is -0.123. The van der Waals surface area contributed by atoms with E-state index in [0.29, 0.717) is 16.9 Å². The van der Waals surface area contributed by atoms with Crippen molar-refractivity contribution in [2.75, 3.05) is 0 Å². The van der Waals surface area contributed by atoms with Crippen LogP contribution in [0.2, 0.25) is 0 Å². The molecule has 1 aliphatic rings. The van der Waals surface area contributed by atoms with Gasteiger partial charge in [-0.05, 0) is 19.9 Å². The van der Waals surface area contributed by atoms with Gasteiger partial charge in [0.2, 0.25) is 5.91 Å². The lowest BCUT2D eigenvalue weighted by Crippen LogP contribution is -2.53. The van der Waals surface area contributed by atoms with E-state index in [2.05, 4.69) is 11.4 Å². The molecular formula is C14H16N2O3. The highest BCUT2D eigenvalue weighted by molar-refractivity contribution is 5.74. The van der Waals surface area contributed by atoms with Gasteiger partial charge in [0.25, 0.3) is 0 Å². The standard InChI is InChI=1S/C14H16N2O3/c1-8(17)16-11-10-6-4-5-9(7-15)12(10)19-14(2,3)13(11)18/h4-6,11,13,18H,1-3H3,(H,16,17)/t11-,13+/m0/s1. The van der Waals surface area contributed by atoms with Crippen LogP contribution in [0.3, 0.4) is 0 Å². The molecule has 0 saturated carbocycles. The molecule has 0 saturated heterocycles. The number of nitrogens with one attached hydrogen (secondary N) is 1. The summed E-state index contributed by atoms with van der Waals surface area (Å²) >= 11 is 0. The zero-order chi connectivity index (χ0) is 14.2. The van der Waals surface area contributed by atoms with Crippen LogP contribution in [0.5, 0.6) is 5.75 Å². The molecule has 0 radical (unpaired) electrons. The predicted molar refractivity (Wildman–Crippen MR) is 68.4 cm³/mol. The highest BCUT2D eigenvalue weighted by Gasteiger charge is 2.44. The minimum Gasteiger partial charge on any atom is -0.483 e. The summed E-state index contributed by atoms with van der Waals surface area (Å²) in [7, 11) is 0. The Balaban J connectivity index is 2.57. The Morgan fingerprint density at radius 2 is 2.21 bits per heavy atom. The normalized spacial score (nSPS) is 23.7. The van der Waals surface area contributed by atoms with Gasteiger partial charge in [0, 0.05) is 12.5 Å². The molecule has 1 aromatic carbocycles. The lowest BCUT2D eigenvalue weighted by atomic mass is 9.85. The fourth-order valence-corrected chi connectivity index (χ4v) is 2.27. The van der Waals surface area contributed by atoms with Gasteiger partial charge in [-0.1, -0.05) is 12.1 Å². The second-order valence-corrected chi connectivity index (χ2v) is 5.16. The number of benzene rings is 1. The average Bonchev–Trinajstić information content (AvgIpc) is 2.33. The highest BCUT2D eigenvalue weighted by Crippen LogP contribution is 2.41. The van der Waals surface area contributed by atoms with Crippen LogP contribution in [0.4, 0.5) is 0 Å². The number of aliphatic hydroxyl groups is 1. The molecule has 5 nitrogen and oxygen atoms in total. The van der Waals surface area contributed by atoms with Crippen molar-refractivity contribution in [3.05, 3.63) is 29.3 Å². The number of amides is 1. The first-order chi connectivity index (χ1) is 8.86. The topological polar surface area (TPSA) is 82.4 Å². The van der Waals surface area contributed by atoms with E-state index in [-0.39, 0.29) is 5.91 Å². The molecule has 0 aromatic heterocycles. The summed E-state index contributed by atoms with van der Waals surface area (Å²) in [6.45, 7) is 4.84. The van der Waals surface area contributed by atoms with Crippen molar-refractivity contribution in [1.29, 1.82) is 5.26 Å². The number of hydrogen-bond acceptors (Lipinski definition) is 4. The van der Waals surface area contributed by atoms with Crippen molar-refractivity contribution in [3.63, 3.8) is 0 Å². The van der Waals surface area contributed by atoms with Crippen LogP contribution in [-0.4, -0.2) is 22.7 Å². The Bertz CT molecular complexity index is 560. The summed E-state index contributed by atoms with van der Waals surface area (Å²) < 4.78 is 5.74. The molecule has 2 atom stereocenters. The van der Waals surface area contributed by atoms with Gasteiger partial charge in [-0.15, -0.1) is 0 Å². The van der Waals surface area contributed by atoms with Gasteiger partial charge in [-0.3, -0.25) is 4.79 Å². The van der Waals surface area contributed by atoms with Crippen LogP contribution in [0.25, 0.3) is 0 Å². The number of nitrogens with zero attached hydrogens (tertiary/aromatic N) is 1. The van der Waals surface area contributed by atoms with Gasteiger partial charge in [-0.2, -0.15) is 5.26 Å². The highest BCUT2D eigenvalue weighted by atomic mass is 16.5. The van der Waals surface area contributed by atoms with E-state index in [9.17, 15) is 9.90 Å². The van der Waals surface area contributed by atoms with E-state index in [0.717, 1.165) is 0 Å². The molecule has 2 N–H and O–H groups in total. The first kappa shape index (κ1) is 13.4. The molecule has 19 heavy (non-hydrogen) atoms. The SMILES string of the molecule is CC(=O)N[C@H]1c2cccc(C#N)c2OC(C)(C)[C@@H]1O. The van der Waals surface area contributed by atoms with E-state index in [1.807, 2.05) is 0 Å². The maximum absolute atomic E-state index is 11.3. The summed E-state index contributed by atoms with van der Waals surface area (Å²) in [6.07, 6.45) is -0.891. The Hall–Kier alpha value is -2.06. The Labute approximate surface area is 111 Å². The van der Waals surface area contributed by atoms with Gasteiger partial charge in [0.15, 0.2) is 0 Å². The van der Waals surface area contributed by atoms with Crippen LogP contribution in [0, 0.1) is 11.3 Å². The second kappa shape index (κ2) is 4.56. The number of nitriles is 1. The third kappa shape index (κ3) is 2.27. The van der Waals surface area contributed by atoms with E-state index < -0.39 is 17.7 Å². The molecule has 0 spiro atoms. The zero-order valence-electron chi connectivity index (χ0n) is 11.1. The lowest BCUT2D eigenvalue weighted by Gasteiger charge is -2.42. The van der Waals surface area contributed by atoms with E-state index in [1.54, 1.807) is 32.0 Å². The predicted octanol–water partition coefficient (Wildman–Crippen LogP) is 1.27. The van der Waals surface area contributed by atoms with E-state index in [1.165, 1.54) is 6.92 Å². The minimum atomic E-state index is -0.891. The van der Waals surface area contributed by atoms with Crippen LogP contribution in [0.1, 0.15) is 37.9 Å². The number of hydrogen-bond donors (Lipinski definition) is 2. The number of carbonyl (C=O) groups is 1. The number of ether oxygens (including phenoxy) is 1. The van der Waals surface area contributed by atoms with Gasteiger partial charge < -0.3 is 15.2 Å². The van der Waals surface area contributed by atoms with Crippen molar-refractivity contribution in [1.82, 2.24) is 5.32 Å². The smallest absolute Gasteiger partial charge is 0.217 e. The third-order valence-electron chi connectivity index (χ3n) is 3.25. The second-order valence-electron chi connectivity index (χ2n) is 5.16. The average molecular weight is 260 g/mol. The molecule has 1 aromatic rings. The van der Waals surface area contributed by atoms with Crippen molar-refractivity contribution in [2.24, 2.45) is 0 Å². The summed E-state index contributed by atoms with van der Waals surface area (Å²) in [5, 5.41) is 22.2. The first-order valence-corrected chi connectivity index (χ1v) is 6.04. The molecular weight excluding hydrogens is 244 g/mol. The van der Waals surface area contributed by atoms with Crippen LogP contribution in [0.15, 0.2) is 18.2 Å². The maximum Gasteiger partial charge on any atom is 0.217 e. The van der Waals surface area contributed by atoms with Gasteiger partial charge >= 0.3 is 0 Å². The zero-order valence-corrected chi connectivity index (χ0v) is 11.1. The maximum atomic E-state index is 11.3. The molecule has 0 unspecified atom stereocenters. The van der Waals surface area contributed by atoms with Crippen molar-refractivity contribution in [2.45, 2.75) is 38.5 Å². The third-order valence-corrected chi connectivity index (χ3v) is 3.25. The molecule has 1 heterocycles. The number of para-hydroxylation sites is 1. The largest absolute Gasteiger partial charge is 0.483 e. The Morgan fingerprint density at radius 1 is 1.53 bits per heavy atom. The molecule has 100 valence electrons. The van der Waals surface area contributed by atoms with E-state index >= 15 is 0 Å². The molecule has 2 rings (SSSR count). The number of carbonyl (C=O) groups excluding carboxylic acids is 1. The summed E-state index contributed by atoms with van der Waals surface area (Å²) in [5.74, 6) is 0.189. The number of fused-ring (bicyclic) bond motifs is 1. The van der Waals surface area contributed by atoms with Crippen LogP contribution < -0.4 is 10.1 Å². The van der Waals surface area contributed by atoms with Gasteiger partial charge in [0.1, 0.15) is 23.5 Å². The van der Waals surface area contributed by atoms with Gasteiger partial charge in [0.05, 0.1) is 11.6 Å². The molecule has 0 bridgehead atoms. The van der Waals surface area contributed by atoms with Crippen LogP contribution in [-0.2, 0) is 4.79 Å². The number of aliphatic hydroxyl groups excluding tert-OH is 1. The van der Waals surface area contributed by atoms with Crippen LogP contribution >= 0.6 is 0 Å². The quantitative estimate of drug-likeness (QED) is 0.796. The molecule has 1 aliphatic heterocycles. The first-order valence-electron chi connectivity index (χ1n) is 6.04. The van der Waals surface area contributed by atoms with Crippen molar-refractivity contribution in [3.8, 4) is 11.8 Å². The fraction of sp³-hybridized carbons (Fsp3) is 0.429. The summed E-state index contributed by atoms with van der Waals surface area (Å²) in [5.41, 5.74) is 0.140. The molecule has 5 heteroatoms. The Kier molecular flexibility index (Phi) is 3.21. The molecule has 1 amide bonds. The Morgan fingerprint density at radius 3 is 2.79 bits per heavy atom. The summed E-state index contributed by atoms with van der Waals surface area (Å²) in [6, 6.07) is 6.59. The number of rotatable bonds is 1. The minimum absolute atomic E-state index is 0.241. The fourth-order valence-electron chi connectivity index (χ4n) is 2.27. The molecule has 0 aliphatic carbocycles. The van der Waals surface area contributed by atoms with Gasteiger partial charge in [-0.25, -0.2) is 0 Å². The van der Waals surface area contributed by atoms with E-state index in [4.69, 9.17) is 10.00 Å². The monoisotopic (exact) mass is 260 g/mol. The molecule has 0 fully saturated rings. The van der Waals surface area contributed by atoms with Crippen molar-refractivity contribution >= 4 is 5.91 Å².